The van der Waals surface area contributed by atoms with E-state index in [1.165, 1.54) is 0 Å². The van der Waals surface area contributed by atoms with Crippen molar-refractivity contribution < 1.29 is 19.4 Å². The Bertz CT molecular complexity index is 875. The molecule has 28 heavy (non-hydrogen) atoms. The molecule has 1 fully saturated rings. The van der Waals surface area contributed by atoms with E-state index in [-0.39, 0.29) is 18.6 Å². The predicted molar refractivity (Wildman–Crippen MR) is 108 cm³/mol. The summed E-state index contributed by atoms with van der Waals surface area (Å²) in [6.07, 6.45) is 3.27. The van der Waals surface area contributed by atoms with E-state index in [1.807, 2.05) is 31.0 Å². The molecule has 0 spiro atoms. The molecule has 7 heteroatoms. The molecular weight excluding hydrogens is 358 g/mol. The number of carboxylic acids is 1. The fourth-order valence-electron chi connectivity index (χ4n) is 3.86. The molecule has 150 valence electrons. The van der Waals surface area contributed by atoms with Gasteiger partial charge in [-0.2, -0.15) is 0 Å². The van der Waals surface area contributed by atoms with Gasteiger partial charge in [-0.25, -0.2) is 4.79 Å². The number of aryl methyl sites for hydroxylation is 1. The first-order valence-electron chi connectivity index (χ1n) is 9.64. The van der Waals surface area contributed by atoms with Gasteiger partial charge in [-0.05, 0) is 45.9 Å². The van der Waals surface area contributed by atoms with Crippen LogP contribution >= 0.6 is 0 Å². The number of esters is 1. The van der Waals surface area contributed by atoms with Gasteiger partial charge in [-0.3, -0.25) is 14.7 Å². The molecule has 7 nitrogen and oxygen atoms in total. The highest BCUT2D eigenvalue weighted by Gasteiger charge is 2.28. The first kappa shape index (κ1) is 20.1. The zero-order valence-electron chi connectivity index (χ0n) is 16.6. The van der Waals surface area contributed by atoms with Gasteiger partial charge in [-0.15, -0.1) is 0 Å². The summed E-state index contributed by atoms with van der Waals surface area (Å²) in [5.74, 6) is -1.18. The third-order valence-electron chi connectivity index (χ3n) is 5.28. The number of aliphatic carboxylic acids is 1. The van der Waals surface area contributed by atoms with Gasteiger partial charge in [0.1, 0.15) is 5.56 Å². The van der Waals surface area contributed by atoms with Crippen LogP contribution in [0.3, 0.4) is 0 Å². The molecule has 1 aromatic carbocycles. The van der Waals surface area contributed by atoms with E-state index in [2.05, 4.69) is 16.0 Å². The Balaban J connectivity index is 1.93. The number of carbonyl (C=O) groups is 2. The lowest BCUT2D eigenvalue weighted by Crippen LogP contribution is -2.45. The van der Waals surface area contributed by atoms with Crippen LogP contribution in [-0.2, 0) is 9.53 Å². The monoisotopic (exact) mass is 385 g/mol. The van der Waals surface area contributed by atoms with Gasteiger partial charge in [0.25, 0.3) is 0 Å². The zero-order chi connectivity index (χ0) is 20.3. The van der Waals surface area contributed by atoms with Crippen LogP contribution < -0.4 is 4.90 Å². The number of pyridine rings is 1. The highest BCUT2D eigenvalue weighted by Crippen LogP contribution is 2.33. The molecule has 1 aliphatic heterocycles. The number of fused-ring (bicyclic) bond motifs is 1. The van der Waals surface area contributed by atoms with Gasteiger partial charge in [0.05, 0.1) is 24.4 Å². The Labute approximate surface area is 164 Å². The summed E-state index contributed by atoms with van der Waals surface area (Å²) >= 11 is 0. The second-order valence-electron chi connectivity index (χ2n) is 7.29. The molecule has 1 aliphatic rings. The van der Waals surface area contributed by atoms with Crippen LogP contribution in [-0.4, -0.2) is 66.3 Å². The second kappa shape index (κ2) is 8.56. The maximum Gasteiger partial charge on any atom is 0.341 e. The van der Waals surface area contributed by atoms with Crippen molar-refractivity contribution in [1.29, 1.82) is 0 Å². The number of rotatable bonds is 6. The number of ether oxygens (including phenoxy) is 1. The lowest BCUT2D eigenvalue weighted by molar-refractivity contribution is -0.138. The Hall–Kier alpha value is -2.67. The summed E-state index contributed by atoms with van der Waals surface area (Å²) < 4.78 is 5.26. The Morgan fingerprint density at radius 2 is 2.04 bits per heavy atom. The number of carbonyl (C=O) groups excluding carboxylic acids is 1. The van der Waals surface area contributed by atoms with Crippen LogP contribution in [0, 0.1) is 6.92 Å². The molecular formula is C21H27N3O4. The van der Waals surface area contributed by atoms with Crippen molar-refractivity contribution in [2.75, 3.05) is 38.2 Å². The SMILES string of the molecule is CCOC(=O)c1cnc2ccc(C)cc2c1N1CCC(N(C)CC(=O)O)CC1. The summed E-state index contributed by atoms with van der Waals surface area (Å²) in [4.78, 5) is 32.1. The lowest BCUT2D eigenvalue weighted by atomic mass is 9.99. The number of piperidine rings is 1. The fraction of sp³-hybridized carbons (Fsp3) is 0.476. The summed E-state index contributed by atoms with van der Waals surface area (Å²) in [6.45, 7) is 5.65. The highest BCUT2D eigenvalue weighted by atomic mass is 16.5. The first-order chi connectivity index (χ1) is 13.4. The van der Waals surface area contributed by atoms with Gasteiger partial charge in [0.15, 0.2) is 0 Å². The average Bonchev–Trinajstić information content (AvgIpc) is 2.66. The fourth-order valence-corrected chi connectivity index (χ4v) is 3.86. The quantitative estimate of drug-likeness (QED) is 0.766. The van der Waals surface area contributed by atoms with Crippen molar-refractivity contribution in [1.82, 2.24) is 9.88 Å². The molecule has 1 aromatic heterocycles. The topological polar surface area (TPSA) is 83.0 Å². The molecule has 2 aromatic rings. The summed E-state index contributed by atoms with van der Waals surface area (Å²) in [7, 11) is 1.85. The Kier molecular flexibility index (Phi) is 6.14. The molecule has 0 bridgehead atoms. The Morgan fingerprint density at radius 3 is 2.68 bits per heavy atom. The number of nitrogens with zero attached hydrogens (tertiary/aromatic N) is 3. The van der Waals surface area contributed by atoms with E-state index in [1.54, 1.807) is 13.1 Å². The molecule has 0 amide bonds. The van der Waals surface area contributed by atoms with Gasteiger partial charge < -0.3 is 14.7 Å². The lowest BCUT2D eigenvalue weighted by Gasteiger charge is -2.38. The van der Waals surface area contributed by atoms with Crippen LogP contribution in [0.25, 0.3) is 10.9 Å². The summed E-state index contributed by atoms with van der Waals surface area (Å²) in [5, 5.41) is 9.97. The van der Waals surface area contributed by atoms with Crippen molar-refractivity contribution in [2.24, 2.45) is 0 Å². The Morgan fingerprint density at radius 1 is 1.32 bits per heavy atom. The van der Waals surface area contributed by atoms with Crippen molar-refractivity contribution >= 4 is 28.5 Å². The number of aromatic nitrogens is 1. The van der Waals surface area contributed by atoms with E-state index < -0.39 is 5.97 Å². The van der Waals surface area contributed by atoms with Crippen LogP contribution in [0.15, 0.2) is 24.4 Å². The number of anilines is 1. The van der Waals surface area contributed by atoms with Gasteiger partial charge in [-0.1, -0.05) is 11.6 Å². The third-order valence-corrected chi connectivity index (χ3v) is 5.28. The molecule has 1 saturated heterocycles. The number of benzene rings is 1. The molecule has 0 radical (unpaired) electrons. The van der Waals surface area contributed by atoms with Crippen LogP contribution in [0.5, 0.6) is 0 Å². The van der Waals surface area contributed by atoms with Gasteiger partial charge >= 0.3 is 11.9 Å². The van der Waals surface area contributed by atoms with Crippen molar-refractivity contribution in [3.8, 4) is 0 Å². The van der Waals surface area contributed by atoms with E-state index >= 15 is 0 Å². The normalized spacial score (nSPS) is 15.2. The maximum atomic E-state index is 12.6. The number of likely N-dealkylation sites (N-methyl/N-ethyl adjacent to an activating group) is 1. The largest absolute Gasteiger partial charge is 0.480 e. The van der Waals surface area contributed by atoms with E-state index in [0.717, 1.165) is 48.1 Å². The molecule has 2 heterocycles. The van der Waals surface area contributed by atoms with E-state index in [9.17, 15) is 9.59 Å². The molecule has 0 aliphatic carbocycles. The molecule has 0 saturated carbocycles. The van der Waals surface area contributed by atoms with Gasteiger partial charge in [0.2, 0.25) is 0 Å². The van der Waals surface area contributed by atoms with Crippen molar-refractivity contribution in [3.05, 3.63) is 35.5 Å². The molecule has 0 atom stereocenters. The van der Waals surface area contributed by atoms with Crippen molar-refractivity contribution in [3.63, 3.8) is 0 Å². The standard InChI is InChI=1S/C21H27N3O4/c1-4-28-21(27)17-12-22-18-6-5-14(2)11-16(18)20(17)24-9-7-15(8-10-24)23(3)13-19(25)26/h5-6,11-12,15H,4,7-10,13H2,1-3H3,(H,25,26). The second-order valence-corrected chi connectivity index (χ2v) is 7.29. The minimum atomic E-state index is -0.815. The van der Waals surface area contributed by atoms with Crippen molar-refractivity contribution in [2.45, 2.75) is 32.7 Å². The van der Waals surface area contributed by atoms with Crippen LogP contribution in [0.1, 0.15) is 35.7 Å². The maximum absolute atomic E-state index is 12.6. The van der Waals surface area contributed by atoms with E-state index in [0.29, 0.717) is 12.2 Å². The molecule has 0 unspecified atom stereocenters. The third kappa shape index (κ3) is 4.25. The number of hydrogen-bond donors (Lipinski definition) is 1. The number of hydrogen-bond acceptors (Lipinski definition) is 6. The minimum Gasteiger partial charge on any atom is -0.480 e. The summed E-state index contributed by atoms with van der Waals surface area (Å²) in [6, 6.07) is 6.25. The smallest absolute Gasteiger partial charge is 0.341 e. The van der Waals surface area contributed by atoms with Crippen LogP contribution in [0.2, 0.25) is 0 Å². The van der Waals surface area contributed by atoms with E-state index in [4.69, 9.17) is 9.84 Å². The number of carboxylic acid groups (broad SMARTS) is 1. The van der Waals surface area contributed by atoms with Crippen LogP contribution in [0.4, 0.5) is 5.69 Å². The predicted octanol–water partition coefficient (Wildman–Crippen LogP) is 2.71. The zero-order valence-corrected chi connectivity index (χ0v) is 16.6. The molecule has 3 rings (SSSR count). The first-order valence-corrected chi connectivity index (χ1v) is 9.64. The minimum absolute atomic E-state index is 0.0378. The highest BCUT2D eigenvalue weighted by molar-refractivity contribution is 6.05. The molecule has 1 N–H and O–H groups in total. The summed E-state index contributed by atoms with van der Waals surface area (Å²) in [5.41, 5.74) is 3.30. The van der Waals surface area contributed by atoms with Gasteiger partial charge in [0, 0.05) is 30.7 Å². The average molecular weight is 385 g/mol.